The lowest BCUT2D eigenvalue weighted by molar-refractivity contribution is -0.131. The molecular formula is C23H31N3O3S. The summed E-state index contributed by atoms with van der Waals surface area (Å²) >= 11 is 1.72. The van der Waals surface area contributed by atoms with Gasteiger partial charge in [0, 0.05) is 11.6 Å². The predicted octanol–water partition coefficient (Wildman–Crippen LogP) is 2.45. The molecule has 7 heteroatoms. The number of nitrogens with two attached hydrogens (primary N) is 1. The van der Waals surface area contributed by atoms with Crippen molar-refractivity contribution in [3.63, 3.8) is 0 Å². The van der Waals surface area contributed by atoms with Crippen LogP contribution in [0.15, 0.2) is 54.6 Å². The Kier molecular flexibility index (Phi) is 9.86. The molecule has 2 rings (SSSR count). The second-order valence-corrected chi connectivity index (χ2v) is 9.09. The molecule has 0 saturated carbocycles. The summed E-state index contributed by atoms with van der Waals surface area (Å²) in [5, 5.41) is 10.6. The van der Waals surface area contributed by atoms with Gasteiger partial charge in [0.25, 0.3) is 11.8 Å². The number of carbonyl (C=O) groups excluding carboxylic acids is 2. The number of nitrogens with one attached hydrogen (secondary N) is 2. The van der Waals surface area contributed by atoms with Gasteiger partial charge in [-0.2, -0.15) is 11.8 Å². The van der Waals surface area contributed by atoms with Crippen molar-refractivity contribution in [1.82, 2.24) is 10.9 Å². The molecule has 0 aliphatic rings. The summed E-state index contributed by atoms with van der Waals surface area (Å²) in [7, 11) is 0. The van der Waals surface area contributed by atoms with Crippen LogP contribution in [0, 0.1) is 0 Å². The van der Waals surface area contributed by atoms with E-state index in [1.54, 1.807) is 23.9 Å². The first kappa shape index (κ1) is 23.9. The number of aryl methyl sites for hydroxylation is 2. The predicted molar refractivity (Wildman–Crippen MR) is 122 cm³/mol. The fourth-order valence-electron chi connectivity index (χ4n) is 2.94. The molecule has 5 N–H and O–H groups in total. The van der Waals surface area contributed by atoms with E-state index in [4.69, 9.17) is 5.73 Å². The number of rotatable bonds is 10. The molecule has 2 aromatic rings. The van der Waals surface area contributed by atoms with Gasteiger partial charge in [-0.15, -0.1) is 0 Å². The van der Waals surface area contributed by atoms with Crippen LogP contribution in [0.1, 0.15) is 41.8 Å². The average Bonchev–Trinajstić information content (AvgIpc) is 2.75. The van der Waals surface area contributed by atoms with Gasteiger partial charge in [0.2, 0.25) is 0 Å². The Morgan fingerprint density at radius 2 is 1.67 bits per heavy atom. The molecule has 0 aromatic heterocycles. The second-order valence-electron chi connectivity index (χ2n) is 7.40. The number of carbonyl (C=O) groups is 2. The summed E-state index contributed by atoms with van der Waals surface area (Å²) in [5.41, 5.74) is 13.1. The van der Waals surface area contributed by atoms with E-state index in [2.05, 4.69) is 24.7 Å². The Labute approximate surface area is 182 Å². The Hall–Kier alpha value is -2.35. The molecule has 162 valence electrons. The van der Waals surface area contributed by atoms with Crippen molar-refractivity contribution in [3.05, 3.63) is 71.3 Å². The zero-order valence-electron chi connectivity index (χ0n) is 17.5. The smallest absolute Gasteiger partial charge is 0.269 e. The highest BCUT2D eigenvalue weighted by atomic mass is 32.2. The van der Waals surface area contributed by atoms with E-state index < -0.39 is 24.0 Å². The van der Waals surface area contributed by atoms with Crippen LogP contribution in [0.3, 0.4) is 0 Å². The number of hydrogen-bond donors (Lipinski definition) is 4. The molecule has 0 aliphatic carbocycles. The Morgan fingerprint density at radius 1 is 1.00 bits per heavy atom. The zero-order chi connectivity index (χ0) is 21.9. The van der Waals surface area contributed by atoms with Crippen LogP contribution in [-0.2, 0) is 17.6 Å². The van der Waals surface area contributed by atoms with Crippen LogP contribution in [0.5, 0.6) is 0 Å². The zero-order valence-corrected chi connectivity index (χ0v) is 18.3. The van der Waals surface area contributed by atoms with Gasteiger partial charge in [0.15, 0.2) is 0 Å². The highest BCUT2D eigenvalue weighted by Gasteiger charge is 2.23. The molecule has 0 bridgehead atoms. The molecule has 2 amide bonds. The molecule has 30 heavy (non-hydrogen) atoms. The maximum Gasteiger partial charge on any atom is 0.269 e. The first-order valence-electron chi connectivity index (χ1n) is 10.2. The van der Waals surface area contributed by atoms with Crippen molar-refractivity contribution < 1.29 is 14.7 Å². The summed E-state index contributed by atoms with van der Waals surface area (Å²) in [6.45, 7) is 4.15. The Bertz CT molecular complexity index is 814. The molecule has 2 atom stereocenters. The third-order valence-electron chi connectivity index (χ3n) is 4.66. The number of benzene rings is 2. The van der Waals surface area contributed by atoms with Crippen molar-refractivity contribution in [1.29, 1.82) is 0 Å². The van der Waals surface area contributed by atoms with Gasteiger partial charge in [-0.25, -0.2) is 0 Å². The van der Waals surface area contributed by atoms with Crippen LogP contribution >= 0.6 is 11.8 Å². The Balaban J connectivity index is 1.87. The minimum atomic E-state index is -1.38. The van der Waals surface area contributed by atoms with Gasteiger partial charge in [-0.1, -0.05) is 62.4 Å². The fraction of sp³-hybridized carbons (Fsp3) is 0.391. The van der Waals surface area contributed by atoms with Crippen LogP contribution in [-0.4, -0.2) is 40.1 Å². The highest BCUT2D eigenvalue weighted by Crippen LogP contribution is 2.13. The largest absolute Gasteiger partial charge is 0.382 e. The van der Waals surface area contributed by atoms with Crippen LogP contribution in [0.2, 0.25) is 0 Å². The number of hydrazine groups is 1. The average molecular weight is 430 g/mol. The van der Waals surface area contributed by atoms with E-state index in [0.29, 0.717) is 23.7 Å². The molecule has 0 fully saturated rings. The van der Waals surface area contributed by atoms with Crippen molar-refractivity contribution in [2.45, 2.75) is 50.5 Å². The molecule has 0 spiro atoms. The SMILES string of the molecule is CC(C)SCC[C@@H](N)C(O)C(=O)NNC(=O)c1ccccc1CCc1ccccc1. The molecule has 2 aromatic carbocycles. The van der Waals surface area contributed by atoms with Gasteiger partial charge in [0.1, 0.15) is 6.10 Å². The van der Waals surface area contributed by atoms with Gasteiger partial charge in [-0.05, 0) is 47.5 Å². The summed E-state index contributed by atoms with van der Waals surface area (Å²) in [6, 6.07) is 16.6. The van der Waals surface area contributed by atoms with E-state index in [-0.39, 0.29) is 0 Å². The van der Waals surface area contributed by atoms with E-state index in [1.807, 2.05) is 42.5 Å². The van der Waals surface area contributed by atoms with Crippen molar-refractivity contribution >= 4 is 23.6 Å². The summed E-state index contributed by atoms with van der Waals surface area (Å²) in [4.78, 5) is 24.7. The van der Waals surface area contributed by atoms with E-state index in [9.17, 15) is 14.7 Å². The highest BCUT2D eigenvalue weighted by molar-refractivity contribution is 7.99. The normalized spacial score (nSPS) is 13.0. The molecule has 6 nitrogen and oxygen atoms in total. The van der Waals surface area contributed by atoms with Crippen LogP contribution < -0.4 is 16.6 Å². The van der Waals surface area contributed by atoms with Gasteiger partial charge in [-0.3, -0.25) is 20.4 Å². The molecular weight excluding hydrogens is 398 g/mol. The molecule has 0 aliphatic heterocycles. The molecule has 1 unspecified atom stereocenters. The monoisotopic (exact) mass is 429 g/mol. The summed E-state index contributed by atoms with van der Waals surface area (Å²) < 4.78 is 0. The second kappa shape index (κ2) is 12.4. The van der Waals surface area contributed by atoms with Crippen molar-refractivity contribution in [3.8, 4) is 0 Å². The quantitative estimate of drug-likeness (QED) is 0.434. The minimum Gasteiger partial charge on any atom is -0.382 e. The van der Waals surface area contributed by atoms with Crippen molar-refractivity contribution in [2.24, 2.45) is 5.73 Å². The topological polar surface area (TPSA) is 104 Å². The number of amides is 2. The first-order chi connectivity index (χ1) is 14.4. The lowest BCUT2D eigenvalue weighted by Crippen LogP contribution is -2.52. The number of aliphatic hydroxyl groups is 1. The third kappa shape index (κ3) is 7.82. The van der Waals surface area contributed by atoms with Gasteiger partial charge < -0.3 is 10.8 Å². The third-order valence-corrected chi connectivity index (χ3v) is 5.80. The first-order valence-corrected chi connectivity index (χ1v) is 11.2. The lowest BCUT2D eigenvalue weighted by Gasteiger charge is -2.19. The fourth-order valence-corrected chi connectivity index (χ4v) is 3.81. The molecule has 0 radical (unpaired) electrons. The number of hydrogen-bond acceptors (Lipinski definition) is 5. The molecule has 0 heterocycles. The van der Waals surface area contributed by atoms with Crippen LogP contribution in [0.25, 0.3) is 0 Å². The lowest BCUT2D eigenvalue weighted by atomic mass is 9.99. The maximum atomic E-state index is 12.6. The van der Waals surface area contributed by atoms with Crippen LogP contribution in [0.4, 0.5) is 0 Å². The maximum absolute atomic E-state index is 12.6. The standard InChI is InChI=1S/C23H31N3O3S/c1-16(2)30-15-14-20(24)21(27)23(29)26-25-22(28)19-11-7-6-10-18(19)13-12-17-8-4-3-5-9-17/h3-11,16,20-21,27H,12-15,24H2,1-2H3,(H,25,28)(H,26,29)/t20-,21?/m1/s1. The summed E-state index contributed by atoms with van der Waals surface area (Å²) in [6.07, 6.45) is 0.627. The number of aliphatic hydroxyl groups excluding tert-OH is 1. The van der Waals surface area contributed by atoms with Gasteiger partial charge >= 0.3 is 0 Å². The minimum absolute atomic E-state index is 0.428. The summed E-state index contributed by atoms with van der Waals surface area (Å²) in [5.74, 6) is -0.389. The molecule has 0 saturated heterocycles. The Morgan fingerprint density at radius 3 is 2.37 bits per heavy atom. The van der Waals surface area contributed by atoms with Crippen molar-refractivity contribution in [2.75, 3.05) is 5.75 Å². The number of thioether (sulfide) groups is 1. The van der Waals surface area contributed by atoms with E-state index in [0.717, 1.165) is 17.7 Å². The van der Waals surface area contributed by atoms with E-state index in [1.165, 1.54) is 5.56 Å². The van der Waals surface area contributed by atoms with E-state index >= 15 is 0 Å². The van der Waals surface area contributed by atoms with Gasteiger partial charge in [0.05, 0.1) is 0 Å².